The molecule has 0 fully saturated rings. The average Bonchev–Trinajstić information content (AvgIpc) is 2.94. The normalized spacial score (nSPS) is 11.1. The molecule has 28 heavy (non-hydrogen) atoms. The van der Waals surface area contributed by atoms with Crippen molar-refractivity contribution in [3.8, 4) is 16.9 Å². The summed E-state index contributed by atoms with van der Waals surface area (Å²) in [6, 6.07) is 13.6. The first kappa shape index (κ1) is 19.8. The molecule has 3 nitrogen and oxygen atoms in total. The van der Waals surface area contributed by atoms with E-state index in [1.54, 1.807) is 13.8 Å². The lowest BCUT2D eigenvalue weighted by Gasteiger charge is -2.13. The van der Waals surface area contributed by atoms with Crippen molar-refractivity contribution in [2.75, 3.05) is 0 Å². The molecule has 0 aliphatic heterocycles. The third kappa shape index (κ3) is 4.14. The molecule has 0 N–H and O–H groups in total. The molecule has 0 saturated heterocycles. The van der Waals surface area contributed by atoms with Crippen LogP contribution in [0.3, 0.4) is 0 Å². The molecule has 1 heterocycles. The second kappa shape index (κ2) is 7.97. The van der Waals surface area contributed by atoms with E-state index in [4.69, 9.17) is 4.74 Å². The van der Waals surface area contributed by atoms with E-state index < -0.39 is 11.6 Å². The van der Waals surface area contributed by atoms with Gasteiger partial charge in [-0.1, -0.05) is 29.8 Å². The Morgan fingerprint density at radius 2 is 1.68 bits per heavy atom. The monoisotopic (exact) mass is 383 g/mol. The van der Waals surface area contributed by atoms with Crippen LogP contribution >= 0.6 is 0 Å². The van der Waals surface area contributed by atoms with Crippen molar-refractivity contribution in [2.45, 2.75) is 40.2 Å². The van der Waals surface area contributed by atoms with Crippen molar-refractivity contribution in [3.05, 3.63) is 77.0 Å². The molecule has 0 amide bonds. The van der Waals surface area contributed by atoms with Gasteiger partial charge in [0.2, 0.25) is 0 Å². The van der Waals surface area contributed by atoms with Gasteiger partial charge in [0.25, 0.3) is 0 Å². The van der Waals surface area contributed by atoms with E-state index in [1.807, 2.05) is 48.7 Å². The second-order valence-corrected chi connectivity index (χ2v) is 7.16. The Hall–Kier alpha value is -2.95. The van der Waals surface area contributed by atoms with Gasteiger partial charge in [-0.05, 0) is 57.0 Å². The number of nitrogens with zero attached hydrogens (tertiary/aromatic N) is 1. The van der Waals surface area contributed by atoms with Crippen LogP contribution in [-0.2, 0) is 16.0 Å². The quantitative estimate of drug-likeness (QED) is 0.542. The molecule has 0 bridgehead atoms. The fourth-order valence-corrected chi connectivity index (χ4v) is 3.19. The van der Waals surface area contributed by atoms with Gasteiger partial charge >= 0.3 is 5.97 Å². The van der Waals surface area contributed by atoms with Gasteiger partial charge in [0, 0.05) is 17.4 Å². The lowest BCUT2D eigenvalue weighted by molar-refractivity contribution is -0.146. The highest BCUT2D eigenvalue weighted by atomic mass is 19.2. The van der Waals surface area contributed by atoms with Crippen LogP contribution in [0, 0.1) is 25.5 Å². The summed E-state index contributed by atoms with van der Waals surface area (Å²) in [7, 11) is 0. The van der Waals surface area contributed by atoms with Crippen molar-refractivity contribution < 1.29 is 18.3 Å². The van der Waals surface area contributed by atoms with Crippen molar-refractivity contribution in [3.63, 3.8) is 0 Å². The van der Waals surface area contributed by atoms with Crippen LogP contribution in [0.5, 0.6) is 0 Å². The first-order chi connectivity index (χ1) is 13.3. The van der Waals surface area contributed by atoms with E-state index in [9.17, 15) is 13.6 Å². The Morgan fingerprint density at radius 1 is 1.00 bits per heavy atom. The molecule has 146 valence electrons. The second-order valence-electron chi connectivity index (χ2n) is 7.16. The molecular weight excluding hydrogens is 360 g/mol. The molecule has 3 aromatic rings. The predicted molar refractivity (Wildman–Crippen MR) is 106 cm³/mol. The number of esters is 1. The van der Waals surface area contributed by atoms with E-state index in [2.05, 4.69) is 0 Å². The molecule has 0 aliphatic rings. The first-order valence-corrected chi connectivity index (χ1v) is 9.19. The summed E-state index contributed by atoms with van der Waals surface area (Å²) >= 11 is 0. The fraction of sp³-hybridized carbons (Fsp3) is 0.261. The number of aromatic nitrogens is 1. The summed E-state index contributed by atoms with van der Waals surface area (Å²) in [5, 5.41) is 0. The predicted octanol–water partition coefficient (Wildman–Crippen LogP) is 5.53. The molecule has 0 aliphatic carbocycles. The van der Waals surface area contributed by atoms with Crippen LogP contribution < -0.4 is 0 Å². The molecule has 0 saturated carbocycles. The van der Waals surface area contributed by atoms with Crippen LogP contribution in [0.15, 0.2) is 48.5 Å². The number of carbonyl (C=O) groups excluding carboxylic acids is 1. The van der Waals surface area contributed by atoms with Gasteiger partial charge < -0.3 is 9.30 Å². The average molecular weight is 383 g/mol. The lowest BCUT2D eigenvalue weighted by Crippen LogP contribution is -2.14. The summed E-state index contributed by atoms with van der Waals surface area (Å²) in [5.41, 5.74) is 4.90. The van der Waals surface area contributed by atoms with E-state index in [1.165, 1.54) is 6.07 Å². The minimum Gasteiger partial charge on any atom is -0.463 e. The highest BCUT2D eigenvalue weighted by molar-refractivity contribution is 5.75. The summed E-state index contributed by atoms with van der Waals surface area (Å²) in [4.78, 5) is 12.2. The highest BCUT2D eigenvalue weighted by Gasteiger charge is 2.19. The van der Waals surface area contributed by atoms with E-state index in [0.29, 0.717) is 5.69 Å². The zero-order chi connectivity index (χ0) is 20.4. The van der Waals surface area contributed by atoms with E-state index >= 15 is 0 Å². The van der Waals surface area contributed by atoms with Crippen LogP contribution in [0.25, 0.3) is 16.9 Å². The SMILES string of the molecule is Cc1ccc(-c2cc(CC(=O)OC(C)C)c(C)n2-c2ccc(F)c(F)c2)cc1. The number of rotatable bonds is 5. The van der Waals surface area contributed by atoms with Gasteiger partial charge in [0.15, 0.2) is 11.6 Å². The Morgan fingerprint density at radius 3 is 2.29 bits per heavy atom. The van der Waals surface area contributed by atoms with Crippen LogP contribution in [0.1, 0.15) is 30.7 Å². The largest absolute Gasteiger partial charge is 0.463 e. The number of halogens is 2. The van der Waals surface area contributed by atoms with Crippen molar-refractivity contribution in [2.24, 2.45) is 0 Å². The molecule has 5 heteroatoms. The van der Waals surface area contributed by atoms with Crippen LogP contribution in [-0.4, -0.2) is 16.6 Å². The summed E-state index contributed by atoms with van der Waals surface area (Å²) in [6.07, 6.45) is -0.0859. The Kier molecular flexibility index (Phi) is 5.63. The number of carbonyl (C=O) groups is 1. The highest BCUT2D eigenvalue weighted by Crippen LogP contribution is 2.31. The third-order valence-electron chi connectivity index (χ3n) is 4.56. The zero-order valence-electron chi connectivity index (χ0n) is 16.4. The standard InChI is InChI=1S/C23H23F2NO2/c1-14(2)28-23(27)12-18-11-22(17-7-5-15(3)6-8-17)26(16(18)4)19-9-10-20(24)21(25)13-19/h5-11,13-14H,12H2,1-4H3. The maximum Gasteiger partial charge on any atom is 0.310 e. The summed E-state index contributed by atoms with van der Waals surface area (Å²) < 4.78 is 34.4. The molecule has 0 spiro atoms. The Balaban J connectivity index is 2.13. The van der Waals surface area contributed by atoms with Crippen LogP contribution in [0.2, 0.25) is 0 Å². The minimum atomic E-state index is -0.916. The number of ether oxygens (including phenoxy) is 1. The van der Waals surface area contributed by atoms with Crippen molar-refractivity contribution in [1.82, 2.24) is 4.57 Å². The molecule has 0 unspecified atom stereocenters. The third-order valence-corrected chi connectivity index (χ3v) is 4.56. The van der Waals surface area contributed by atoms with Gasteiger partial charge in [-0.15, -0.1) is 0 Å². The molecular formula is C23H23F2NO2. The molecule has 0 atom stereocenters. The molecule has 2 aromatic carbocycles. The number of hydrogen-bond acceptors (Lipinski definition) is 2. The van der Waals surface area contributed by atoms with Gasteiger partial charge in [-0.25, -0.2) is 8.78 Å². The first-order valence-electron chi connectivity index (χ1n) is 9.19. The maximum absolute atomic E-state index is 13.9. The topological polar surface area (TPSA) is 31.2 Å². The van der Waals surface area contributed by atoms with Crippen LogP contribution in [0.4, 0.5) is 8.78 Å². The lowest BCUT2D eigenvalue weighted by atomic mass is 10.1. The fourth-order valence-electron chi connectivity index (χ4n) is 3.19. The molecule has 1 aromatic heterocycles. The minimum absolute atomic E-state index is 0.111. The number of hydrogen-bond donors (Lipinski definition) is 0. The Bertz CT molecular complexity index is 1000. The van der Waals surface area contributed by atoms with Gasteiger partial charge in [0.05, 0.1) is 18.2 Å². The van der Waals surface area contributed by atoms with Crippen molar-refractivity contribution in [1.29, 1.82) is 0 Å². The molecule has 3 rings (SSSR count). The number of aryl methyl sites for hydroxylation is 1. The van der Waals surface area contributed by atoms with E-state index in [0.717, 1.165) is 40.2 Å². The summed E-state index contributed by atoms with van der Waals surface area (Å²) in [5.74, 6) is -2.14. The smallest absolute Gasteiger partial charge is 0.310 e. The Labute approximate surface area is 163 Å². The zero-order valence-corrected chi connectivity index (χ0v) is 16.4. The number of benzene rings is 2. The maximum atomic E-state index is 13.9. The van der Waals surface area contributed by atoms with Gasteiger partial charge in [0.1, 0.15) is 0 Å². The van der Waals surface area contributed by atoms with Crippen molar-refractivity contribution >= 4 is 5.97 Å². The van der Waals surface area contributed by atoms with E-state index in [-0.39, 0.29) is 18.5 Å². The van der Waals surface area contributed by atoms with Gasteiger partial charge in [-0.2, -0.15) is 0 Å². The van der Waals surface area contributed by atoms with Gasteiger partial charge in [-0.3, -0.25) is 4.79 Å². The summed E-state index contributed by atoms with van der Waals surface area (Å²) in [6.45, 7) is 7.46. The molecule has 0 radical (unpaired) electrons.